The van der Waals surface area contributed by atoms with Gasteiger partial charge in [0.25, 0.3) is 0 Å². The van der Waals surface area contributed by atoms with Crippen molar-refractivity contribution in [3.05, 3.63) is 90.1 Å². The monoisotopic (exact) mass is 522 g/mol. The van der Waals surface area contributed by atoms with Crippen molar-refractivity contribution in [1.29, 1.82) is 0 Å². The Morgan fingerprint density at radius 2 is 1.95 bits per heavy atom. The molecular formula is C25H20F2N6O3S. The fourth-order valence-electron chi connectivity index (χ4n) is 3.90. The van der Waals surface area contributed by atoms with Crippen LogP contribution in [-0.4, -0.2) is 44.7 Å². The minimum absolute atomic E-state index is 0.0205. The van der Waals surface area contributed by atoms with E-state index in [0.29, 0.717) is 34.4 Å². The normalized spacial score (nSPS) is 11.6. The molecule has 2 N–H and O–H groups in total. The fourth-order valence-corrected chi connectivity index (χ4v) is 5.03. The molecule has 0 unspecified atom stereocenters. The highest BCUT2D eigenvalue weighted by atomic mass is 32.2. The smallest absolute Gasteiger partial charge is 0.232 e. The van der Waals surface area contributed by atoms with Gasteiger partial charge in [0.1, 0.15) is 11.5 Å². The van der Waals surface area contributed by atoms with Gasteiger partial charge in [0.2, 0.25) is 15.8 Å². The van der Waals surface area contributed by atoms with Gasteiger partial charge >= 0.3 is 0 Å². The topological polar surface area (TPSA) is 123 Å². The largest absolute Gasteiger partial charge is 0.345 e. The molecule has 5 aromatic rings. The highest BCUT2D eigenvalue weighted by Gasteiger charge is 2.26. The van der Waals surface area contributed by atoms with Gasteiger partial charge < -0.3 is 4.98 Å². The van der Waals surface area contributed by atoms with Crippen LogP contribution >= 0.6 is 0 Å². The predicted molar refractivity (Wildman–Crippen MR) is 134 cm³/mol. The lowest BCUT2D eigenvalue weighted by Gasteiger charge is -2.11. The standard InChI is InChI=1S/C25H20F2N6O3S/c1-2-9-37(35,36)32-20-7-6-19(26)22(23(20)27)24(34)18-13-30-25-17(18)10-15(11-29-25)16-12-31-33(14-16)21-5-3-4-8-28-21/h3-8,10-14,32H,2,9H2,1H3,(H,29,30). The number of rotatable bonds is 8. The molecule has 0 atom stereocenters. The summed E-state index contributed by atoms with van der Waals surface area (Å²) in [7, 11) is -3.86. The average Bonchev–Trinajstić information content (AvgIpc) is 3.53. The van der Waals surface area contributed by atoms with Crippen molar-refractivity contribution in [2.24, 2.45) is 0 Å². The molecule has 188 valence electrons. The molecule has 4 heterocycles. The maximum absolute atomic E-state index is 15.2. The summed E-state index contributed by atoms with van der Waals surface area (Å²) in [5.41, 5.74) is 0.247. The second kappa shape index (κ2) is 9.54. The summed E-state index contributed by atoms with van der Waals surface area (Å²) in [6, 6.07) is 8.87. The van der Waals surface area contributed by atoms with Crippen LogP contribution in [0.3, 0.4) is 0 Å². The molecule has 12 heteroatoms. The first-order valence-corrected chi connectivity index (χ1v) is 12.9. The molecule has 4 aromatic heterocycles. The van der Waals surface area contributed by atoms with E-state index >= 15 is 4.39 Å². The number of aromatic nitrogens is 5. The summed E-state index contributed by atoms with van der Waals surface area (Å²) in [4.78, 5) is 24.7. The third-order valence-corrected chi connectivity index (χ3v) is 7.11. The lowest BCUT2D eigenvalue weighted by Crippen LogP contribution is -2.18. The Morgan fingerprint density at radius 3 is 2.70 bits per heavy atom. The Balaban J connectivity index is 1.53. The van der Waals surface area contributed by atoms with Gasteiger partial charge in [-0.15, -0.1) is 0 Å². The molecule has 37 heavy (non-hydrogen) atoms. The second-order valence-electron chi connectivity index (χ2n) is 8.22. The number of benzene rings is 1. The van der Waals surface area contributed by atoms with Crippen molar-refractivity contribution < 1.29 is 22.0 Å². The second-order valence-corrected chi connectivity index (χ2v) is 10.1. The maximum atomic E-state index is 15.2. The van der Waals surface area contributed by atoms with Crippen LogP contribution in [0.2, 0.25) is 0 Å². The van der Waals surface area contributed by atoms with E-state index in [1.165, 1.54) is 6.20 Å². The van der Waals surface area contributed by atoms with Crippen LogP contribution in [0.5, 0.6) is 0 Å². The Kier molecular flexibility index (Phi) is 6.25. The lowest BCUT2D eigenvalue weighted by atomic mass is 10.0. The number of nitrogens with zero attached hydrogens (tertiary/aromatic N) is 4. The van der Waals surface area contributed by atoms with Gasteiger partial charge in [-0.3, -0.25) is 9.52 Å². The van der Waals surface area contributed by atoms with Crippen molar-refractivity contribution in [2.45, 2.75) is 13.3 Å². The minimum atomic E-state index is -3.86. The van der Waals surface area contributed by atoms with Crippen LogP contribution in [0, 0.1) is 11.6 Å². The van der Waals surface area contributed by atoms with Gasteiger partial charge in [0.05, 0.1) is 23.2 Å². The summed E-state index contributed by atoms with van der Waals surface area (Å²) in [5, 5.41) is 4.64. The molecule has 0 aliphatic rings. The van der Waals surface area contributed by atoms with Crippen LogP contribution in [0.4, 0.5) is 14.5 Å². The van der Waals surface area contributed by atoms with Crippen molar-refractivity contribution in [1.82, 2.24) is 24.7 Å². The summed E-state index contributed by atoms with van der Waals surface area (Å²) in [6.45, 7) is 1.65. The van der Waals surface area contributed by atoms with E-state index < -0.39 is 38.7 Å². The van der Waals surface area contributed by atoms with Gasteiger partial charge in [0.15, 0.2) is 11.6 Å². The van der Waals surface area contributed by atoms with Crippen molar-refractivity contribution >= 4 is 32.5 Å². The minimum Gasteiger partial charge on any atom is -0.345 e. The van der Waals surface area contributed by atoms with Crippen molar-refractivity contribution in [2.75, 3.05) is 10.5 Å². The number of pyridine rings is 2. The van der Waals surface area contributed by atoms with Crippen LogP contribution in [-0.2, 0) is 10.0 Å². The molecule has 1 aromatic carbocycles. The Morgan fingerprint density at radius 1 is 1.11 bits per heavy atom. The number of sulfonamides is 1. The molecular weight excluding hydrogens is 502 g/mol. The number of carbonyl (C=O) groups is 1. The first-order chi connectivity index (χ1) is 17.8. The van der Waals surface area contributed by atoms with E-state index in [2.05, 4.69) is 24.8 Å². The lowest BCUT2D eigenvalue weighted by molar-refractivity contribution is 0.103. The van der Waals surface area contributed by atoms with Gasteiger partial charge in [-0.05, 0) is 36.8 Å². The van der Waals surface area contributed by atoms with E-state index in [1.807, 2.05) is 6.07 Å². The van der Waals surface area contributed by atoms with Crippen molar-refractivity contribution in [3.63, 3.8) is 0 Å². The van der Waals surface area contributed by atoms with Gasteiger partial charge in [-0.1, -0.05) is 13.0 Å². The van der Waals surface area contributed by atoms with Crippen LogP contribution in [0.1, 0.15) is 29.3 Å². The molecule has 0 spiro atoms. The number of aromatic amines is 1. The number of anilines is 1. The fraction of sp³-hybridized carbons (Fsp3) is 0.120. The summed E-state index contributed by atoms with van der Waals surface area (Å²) in [6.07, 6.45) is 8.19. The third-order valence-electron chi connectivity index (χ3n) is 5.63. The summed E-state index contributed by atoms with van der Waals surface area (Å²) >= 11 is 0. The van der Waals surface area contributed by atoms with Gasteiger partial charge in [-0.2, -0.15) is 5.10 Å². The summed E-state index contributed by atoms with van der Waals surface area (Å²) < 4.78 is 57.8. The number of halogens is 2. The zero-order valence-electron chi connectivity index (χ0n) is 19.4. The molecule has 9 nitrogen and oxygen atoms in total. The molecule has 0 bridgehead atoms. The zero-order chi connectivity index (χ0) is 26.2. The Hall–Kier alpha value is -4.45. The molecule has 0 amide bonds. The van der Waals surface area contributed by atoms with Gasteiger partial charge in [-0.25, -0.2) is 31.8 Å². The quantitative estimate of drug-likeness (QED) is 0.290. The number of carbonyl (C=O) groups excluding carboxylic acids is 1. The number of nitrogens with one attached hydrogen (secondary N) is 2. The van der Waals surface area contributed by atoms with Gasteiger partial charge in [0, 0.05) is 46.9 Å². The highest BCUT2D eigenvalue weighted by Crippen LogP contribution is 2.29. The molecule has 0 fully saturated rings. The molecule has 0 saturated carbocycles. The van der Waals surface area contributed by atoms with Crippen molar-refractivity contribution in [3.8, 4) is 16.9 Å². The number of hydrogen-bond acceptors (Lipinski definition) is 6. The van der Waals surface area contributed by atoms with E-state index in [4.69, 9.17) is 0 Å². The molecule has 0 aliphatic heterocycles. The predicted octanol–water partition coefficient (Wildman–Crippen LogP) is 4.47. The highest BCUT2D eigenvalue weighted by molar-refractivity contribution is 7.92. The molecule has 0 radical (unpaired) electrons. The summed E-state index contributed by atoms with van der Waals surface area (Å²) in [5.74, 6) is -3.00. The maximum Gasteiger partial charge on any atom is 0.232 e. The first-order valence-electron chi connectivity index (χ1n) is 11.2. The van der Waals surface area contributed by atoms with E-state index in [9.17, 15) is 17.6 Å². The SMILES string of the molecule is CCCS(=O)(=O)Nc1ccc(F)c(C(=O)c2c[nH]c3ncc(-c4cnn(-c5ccccn5)c4)cc23)c1F. The number of ketones is 1. The Labute approximate surface area is 210 Å². The zero-order valence-corrected chi connectivity index (χ0v) is 20.3. The number of fused-ring (bicyclic) bond motifs is 1. The first kappa shape index (κ1) is 24.3. The van der Waals surface area contributed by atoms with Crippen LogP contribution in [0.15, 0.2) is 67.4 Å². The molecule has 0 saturated heterocycles. The number of H-pyrrole nitrogens is 1. The molecule has 5 rings (SSSR count). The van der Waals surface area contributed by atoms with Crippen LogP contribution in [0.25, 0.3) is 28.0 Å². The number of hydrogen-bond donors (Lipinski definition) is 2. The van der Waals surface area contributed by atoms with E-state index in [-0.39, 0.29) is 11.3 Å². The van der Waals surface area contributed by atoms with E-state index in [1.54, 1.807) is 54.6 Å². The Bertz CT molecular complexity index is 1730. The van der Waals surface area contributed by atoms with E-state index in [0.717, 1.165) is 12.1 Å². The third kappa shape index (κ3) is 4.70. The average molecular weight is 523 g/mol. The van der Waals surface area contributed by atoms with Crippen LogP contribution < -0.4 is 4.72 Å². The molecule has 0 aliphatic carbocycles.